The fourth-order valence-electron chi connectivity index (χ4n) is 2.09. The molecule has 0 unspecified atom stereocenters. The van der Waals surface area contributed by atoms with Crippen LogP contribution >= 0.6 is 0 Å². The maximum Gasteiger partial charge on any atom is 0.308 e. The van der Waals surface area contributed by atoms with Gasteiger partial charge < -0.3 is 14.3 Å². The second kappa shape index (κ2) is 11.7. The molecule has 25 heavy (non-hydrogen) atoms. The number of hydrogen-bond acceptors (Lipinski definition) is 4. The topological polar surface area (TPSA) is 55.8 Å². The molecule has 0 amide bonds. The molecule has 0 radical (unpaired) electrons. The summed E-state index contributed by atoms with van der Waals surface area (Å²) in [5, 5.41) is 9.91. The molecule has 1 N–H and O–H groups in total. The van der Waals surface area contributed by atoms with Crippen molar-refractivity contribution in [2.75, 3.05) is 6.61 Å². The molecule has 0 aliphatic carbocycles. The van der Waals surface area contributed by atoms with E-state index in [1.165, 1.54) is 0 Å². The number of unbranched alkanes of at least 4 members (excludes halogenated alkanes) is 1. The van der Waals surface area contributed by atoms with E-state index in [9.17, 15) is 9.90 Å². The van der Waals surface area contributed by atoms with Gasteiger partial charge >= 0.3 is 5.97 Å². The highest BCUT2D eigenvalue weighted by Crippen LogP contribution is 2.37. The fourth-order valence-corrected chi connectivity index (χ4v) is 3.57. The highest BCUT2D eigenvalue weighted by molar-refractivity contribution is 6.74. The number of hydrogen-bond donors (Lipinski definition) is 1. The molecule has 0 spiro atoms. The van der Waals surface area contributed by atoms with Crippen LogP contribution < -0.4 is 0 Å². The molecular weight excluding hydrogens is 332 g/mol. The average molecular weight is 371 g/mol. The number of aliphatic hydroxyl groups is 1. The lowest BCUT2D eigenvalue weighted by Crippen LogP contribution is -2.43. The standard InChI is InChI=1S/C20H38O4Si/c1-8-23-19(22)16-18(21)15-13-11-9-10-12-14-17(2)24-25(6,7)20(3,4)5/h9,11,13,15,17-18,21H,8,10,12,14,16H2,1-7H3/b11-9+,15-13+/t17-,18-/m1/s1. The molecule has 0 aliphatic rings. The highest BCUT2D eigenvalue weighted by Gasteiger charge is 2.38. The largest absolute Gasteiger partial charge is 0.466 e. The van der Waals surface area contributed by atoms with Gasteiger partial charge in [0.1, 0.15) is 0 Å². The summed E-state index contributed by atoms with van der Waals surface area (Å²) >= 11 is 0. The van der Waals surface area contributed by atoms with Crippen molar-refractivity contribution in [3.8, 4) is 0 Å². The van der Waals surface area contributed by atoms with Crippen LogP contribution in [0.5, 0.6) is 0 Å². The first-order valence-electron chi connectivity index (χ1n) is 9.34. The summed E-state index contributed by atoms with van der Waals surface area (Å²) in [4.78, 5) is 11.2. The van der Waals surface area contributed by atoms with E-state index in [1.807, 2.05) is 6.08 Å². The first kappa shape index (κ1) is 24.1. The van der Waals surface area contributed by atoms with E-state index >= 15 is 0 Å². The Morgan fingerprint density at radius 2 is 1.88 bits per heavy atom. The fraction of sp³-hybridized carbons (Fsp3) is 0.750. The molecule has 146 valence electrons. The molecule has 0 aromatic rings. The zero-order valence-corrected chi connectivity index (χ0v) is 18.2. The monoisotopic (exact) mass is 370 g/mol. The lowest BCUT2D eigenvalue weighted by molar-refractivity contribution is -0.144. The minimum absolute atomic E-state index is 0.000481. The summed E-state index contributed by atoms with van der Waals surface area (Å²) in [6.07, 6.45) is 9.97. The number of ether oxygens (including phenoxy) is 1. The summed E-state index contributed by atoms with van der Waals surface area (Å²) in [5.74, 6) is -0.376. The van der Waals surface area contributed by atoms with Crippen LogP contribution in [0.3, 0.4) is 0 Å². The van der Waals surface area contributed by atoms with Crippen molar-refractivity contribution in [1.29, 1.82) is 0 Å². The van der Waals surface area contributed by atoms with Crippen molar-refractivity contribution >= 4 is 14.3 Å². The Hall–Kier alpha value is -0.913. The SMILES string of the molecule is CCOC(=O)C[C@H](O)/C=C/C=C/CCC[C@@H](C)O[Si](C)(C)C(C)(C)C. The van der Waals surface area contributed by atoms with Gasteiger partial charge in [0.15, 0.2) is 8.32 Å². The second-order valence-electron chi connectivity index (χ2n) is 8.01. The van der Waals surface area contributed by atoms with Crippen LogP contribution in [0.15, 0.2) is 24.3 Å². The molecule has 0 fully saturated rings. The molecule has 0 heterocycles. The molecular formula is C20H38O4Si. The van der Waals surface area contributed by atoms with Gasteiger partial charge in [-0.2, -0.15) is 0 Å². The first-order chi connectivity index (χ1) is 11.5. The number of aliphatic hydroxyl groups excluding tert-OH is 1. The molecule has 0 saturated carbocycles. The summed E-state index contributed by atoms with van der Waals surface area (Å²) < 4.78 is 11.1. The van der Waals surface area contributed by atoms with Crippen LogP contribution in [0.2, 0.25) is 18.1 Å². The maximum atomic E-state index is 11.2. The molecule has 5 heteroatoms. The number of esters is 1. The van der Waals surface area contributed by atoms with Crippen LogP contribution in [-0.2, 0) is 14.0 Å². The molecule has 4 nitrogen and oxygen atoms in total. The number of allylic oxidation sites excluding steroid dienone is 3. The Kier molecular flexibility index (Phi) is 11.2. The molecule has 0 aromatic heterocycles. The van der Waals surface area contributed by atoms with Crippen LogP contribution in [0.4, 0.5) is 0 Å². The summed E-state index contributed by atoms with van der Waals surface area (Å²) in [5.41, 5.74) is 0. The van der Waals surface area contributed by atoms with E-state index in [1.54, 1.807) is 19.1 Å². The third kappa shape index (κ3) is 11.3. The highest BCUT2D eigenvalue weighted by atomic mass is 28.4. The molecule has 0 aliphatic heterocycles. The van der Waals surface area contributed by atoms with E-state index in [2.05, 4.69) is 46.9 Å². The van der Waals surface area contributed by atoms with E-state index in [0.29, 0.717) is 6.61 Å². The third-order valence-electron chi connectivity index (χ3n) is 4.55. The number of carbonyl (C=O) groups excluding carboxylic acids is 1. The lowest BCUT2D eigenvalue weighted by Gasteiger charge is -2.38. The van der Waals surface area contributed by atoms with Gasteiger partial charge in [-0.1, -0.05) is 45.1 Å². The summed E-state index contributed by atoms with van der Waals surface area (Å²) in [6.45, 7) is 15.6. The van der Waals surface area contributed by atoms with Gasteiger partial charge in [-0.3, -0.25) is 4.79 Å². The first-order valence-corrected chi connectivity index (χ1v) is 12.2. The van der Waals surface area contributed by atoms with Gasteiger partial charge in [0.05, 0.1) is 19.1 Å². The van der Waals surface area contributed by atoms with Crippen LogP contribution in [-0.4, -0.2) is 38.2 Å². The predicted molar refractivity (Wildman–Crippen MR) is 107 cm³/mol. The van der Waals surface area contributed by atoms with Crippen molar-refractivity contribution in [2.24, 2.45) is 0 Å². The Balaban J connectivity index is 3.99. The Bertz CT molecular complexity index is 435. The Morgan fingerprint density at radius 3 is 2.44 bits per heavy atom. The van der Waals surface area contributed by atoms with E-state index < -0.39 is 14.4 Å². The van der Waals surface area contributed by atoms with Crippen molar-refractivity contribution in [3.05, 3.63) is 24.3 Å². The van der Waals surface area contributed by atoms with E-state index in [0.717, 1.165) is 19.3 Å². The van der Waals surface area contributed by atoms with Gasteiger partial charge in [0, 0.05) is 6.10 Å². The Labute approximate surface area is 155 Å². The predicted octanol–water partition coefficient (Wildman–Crippen LogP) is 4.99. The van der Waals surface area contributed by atoms with Crippen molar-refractivity contribution in [3.63, 3.8) is 0 Å². The van der Waals surface area contributed by atoms with Crippen LogP contribution in [0, 0.1) is 0 Å². The zero-order valence-electron chi connectivity index (χ0n) is 17.2. The molecule has 0 bridgehead atoms. The van der Waals surface area contributed by atoms with Gasteiger partial charge in [-0.25, -0.2) is 0 Å². The average Bonchev–Trinajstić information content (AvgIpc) is 2.44. The molecule has 0 saturated heterocycles. The van der Waals surface area contributed by atoms with Gasteiger partial charge in [0.2, 0.25) is 0 Å². The molecule has 2 atom stereocenters. The van der Waals surface area contributed by atoms with Crippen molar-refractivity contribution in [2.45, 2.75) is 90.6 Å². The van der Waals surface area contributed by atoms with Gasteiger partial charge in [0.25, 0.3) is 0 Å². The minimum atomic E-state index is -1.68. The van der Waals surface area contributed by atoms with Crippen LogP contribution in [0.1, 0.15) is 60.3 Å². The molecule has 0 rings (SSSR count). The zero-order chi connectivity index (χ0) is 19.5. The summed E-state index contributed by atoms with van der Waals surface area (Å²) in [7, 11) is -1.68. The lowest BCUT2D eigenvalue weighted by atomic mass is 10.1. The van der Waals surface area contributed by atoms with E-state index in [4.69, 9.17) is 9.16 Å². The smallest absolute Gasteiger partial charge is 0.308 e. The van der Waals surface area contributed by atoms with Gasteiger partial charge in [-0.05, 0) is 51.2 Å². The van der Waals surface area contributed by atoms with Crippen molar-refractivity contribution < 1.29 is 19.1 Å². The Morgan fingerprint density at radius 1 is 1.24 bits per heavy atom. The van der Waals surface area contributed by atoms with E-state index in [-0.39, 0.29) is 23.5 Å². The normalized spacial score (nSPS) is 15.7. The second-order valence-corrected chi connectivity index (χ2v) is 12.8. The maximum absolute atomic E-state index is 11.2. The number of rotatable bonds is 11. The quantitative estimate of drug-likeness (QED) is 0.241. The van der Waals surface area contributed by atoms with Crippen LogP contribution in [0.25, 0.3) is 0 Å². The van der Waals surface area contributed by atoms with Crippen molar-refractivity contribution in [1.82, 2.24) is 0 Å². The van der Waals surface area contributed by atoms with Gasteiger partial charge in [-0.15, -0.1) is 0 Å². The summed E-state index contributed by atoms with van der Waals surface area (Å²) in [6, 6.07) is 0. The third-order valence-corrected chi connectivity index (χ3v) is 9.15. The number of carbonyl (C=O) groups is 1. The minimum Gasteiger partial charge on any atom is -0.466 e. The molecule has 0 aromatic carbocycles.